The molecule has 0 bridgehead atoms. The minimum absolute atomic E-state index is 0.0863. The van der Waals surface area contributed by atoms with Gasteiger partial charge in [0.25, 0.3) is 0 Å². The van der Waals surface area contributed by atoms with E-state index in [0.29, 0.717) is 0 Å². The molecule has 0 aromatic heterocycles. The van der Waals surface area contributed by atoms with Crippen LogP contribution in [0.1, 0.15) is 23.6 Å². The van der Waals surface area contributed by atoms with E-state index in [1.165, 1.54) is 27.8 Å². The van der Waals surface area contributed by atoms with Crippen LogP contribution >= 0.6 is 0 Å². The molecule has 2 aromatic carbocycles. The van der Waals surface area contributed by atoms with E-state index in [1.54, 1.807) is 6.92 Å². The average Bonchev–Trinajstić information content (AvgIpc) is 2.82. The Balaban J connectivity index is 1.89. The number of Topliss-reactive ketones (excluding diaryl/α,β-unsaturated/α-hetero) is 1. The van der Waals surface area contributed by atoms with Crippen LogP contribution in [0.3, 0.4) is 0 Å². The number of carbonyl (C=O) groups is 1. The molecule has 0 saturated carbocycles. The first-order chi connectivity index (χ1) is 9.69. The molecule has 1 aliphatic carbocycles. The molecule has 0 saturated heterocycles. The van der Waals surface area contributed by atoms with E-state index in [9.17, 15) is 4.79 Å². The predicted octanol–water partition coefficient (Wildman–Crippen LogP) is 2.98. The van der Waals surface area contributed by atoms with Crippen LogP contribution < -0.4 is 5.32 Å². The molecular formula is C18H19NO. The van der Waals surface area contributed by atoms with Gasteiger partial charge in [0.05, 0.1) is 6.04 Å². The summed E-state index contributed by atoms with van der Waals surface area (Å²) in [5, 5.41) is 3.09. The van der Waals surface area contributed by atoms with Gasteiger partial charge in [-0.3, -0.25) is 4.79 Å². The number of ketones is 1. The molecule has 0 amide bonds. The maximum absolute atomic E-state index is 11.5. The van der Waals surface area contributed by atoms with Gasteiger partial charge in [-0.1, -0.05) is 42.5 Å². The van der Waals surface area contributed by atoms with Crippen molar-refractivity contribution >= 4 is 5.78 Å². The fourth-order valence-electron chi connectivity index (χ4n) is 3.01. The molecule has 0 spiro atoms. The third-order valence-electron chi connectivity index (χ3n) is 4.14. The van der Waals surface area contributed by atoms with Crippen molar-refractivity contribution in [3.8, 4) is 11.1 Å². The van der Waals surface area contributed by atoms with Crippen molar-refractivity contribution in [3.05, 3.63) is 59.2 Å². The molecule has 0 heterocycles. The number of nitrogens with one attached hydrogen (secondary N) is 1. The second-order valence-electron chi connectivity index (χ2n) is 5.48. The standard InChI is InChI=1S/C18H19NO/c1-12(20)18(19-2)10-13-7-8-17-15(9-13)11-14-5-3-4-6-16(14)17/h3-9,18-19H,10-11H2,1-2H3. The molecule has 2 nitrogen and oxygen atoms in total. The van der Waals surface area contributed by atoms with Crippen LogP contribution in [0.15, 0.2) is 42.5 Å². The monoisotopic (exact) mass is 265 g/mol. The molecule has 20 heavy (non-hydrogen) atoms. The molecule has 3 rings (SSSR count). The number of carbonyl (C=O) groups excluding carboxylic acids is 1. The second-order valence-corrected chi connectivity index (χ2v) is 5.48. The molecule has 2 heteroatoms. The Hall–Kier alpha value is -1.93. The van der Waals surface area contributed by atoms with E-state index in [1.807, 2.05) is 7.05 Å². The molecule has 1 aliphatic rings. The van der Waals surface area contributed by atoms with E-state index in [4.69, 9.17) is 0 Å². The van der Waals surface area contributed by atoms with Crippen molar-refractivity contribution in [1.29, 1.82) is 0 Å². The van der Waals surface area contributed by atoms with Gasteiger partial charge in [-0.05, 0) is 54.6 Å². The predicted molar refractivity (Wildman–Crippen MR) is 81.9 cm³/mol. The largest absolute Gasteiger partial charge is 0.310 e. The van der Waals surface area contributed by atoms with Gasteiger partial charge in [0.2, 0.25) is 0 Å². The van der Waals surface area contributed by atoms with Gasteiger partial charge in [-0.25, -0.2) is 0 Å². The number of likely N-dealkylation sites (N-methyl/N-ethyl adjacent to an activating group) is 1. The number of hydrogen-bond donors (Lipinski definition) is 1. The molecular weight excluding hydrogens is 246 g/mol. The van der Waals surface area contributed by atoms with Crippen LogP contribution in [0.4, 0.5) is 0 Å². The third-order valence-corrected chi connectivity index (χ3v) is 4.14. The summed E-state index contributed by atoms with van der Waals surface area (Å²) in [5.41, 5.74) is 6.70. The van der Waals surface area contributed by atoms with Crippen LogP contribution in [-0.4, -0.2) is 18.9 Å². The molecule has 0 fully saturated rings. The zero-order valence-electron chi connectivity index (χ0n) is 11.9. The van der Waals surface area contributed by atoms with Crippen LogP contribution in [0.25, 0.3) is 11.1 Å². The van der Waals surface area contributed by atoms with Crippen LogP contribution in [0.2, 0.25) is 0 Å². The summed E-state index contributed by atoms with van der Waals surface area (Å²) in [5.74, 6) is 0.191. The van der Waals surface area contributed by atoms with Crippen LogP contribution in [-0.2, 0) is 17.6 Å². The van der Waals surface area contributed by atoms with E-state index in [2.05, 4.69) is 47.8 Å². The first-order valence-corrected chi connectivity index (χ1v) is 7.07. The third kappa shape index (κ3) is 2.27. The van der Waals surface area contributed by atoms with Gasteiger partial charge in [0.15, 0.2) is 0 Å². The lowest BCUT2D eigenvalue weighted by Gasteiger charge is -2.13. The van der Waals surface area contributed by atoms with E-state index >= 15 is 0 Å². The topological polar surface area (TPSA) is 29.1 Å². The summed E-state index contributed by atoms with van der Waals surface area (Å²) in [6.45, 7) is 1.64. The summed E-state index contributed by atoms with van der Waals surface area (Å²) in [4.78, 5) is 11.5. The molecule has 1 unspecified atom stereocenters. The Morgan fingerprint density at radius 1 is 1.15 bits per heavy atom. The van der Waals surface area contributed by atoms with Gasteiger partial charge >= 0.3 is 0 Å². The first kappa shape index (κ1) is 13.1. The average molecular weight is 265 g/mol. The Morgan fingerprint density at radius 3 is 2.65 bits per heavy atom. The number of hydrogen-bond acceptors (Lipinski definition) is 2. The minimum Gasteiger partial charge on any atom is -0.310 e. The highest BCUT2D eigenvalue weighted by Crippen LogP contribution is 2.36. The SMILES string of the molecule is CNC(Cc1ccc2c(c1)Cc1ccccc1-2)C(C)=O. The van der Waals surface area contributed by atoms with Gasteiger partial charge in [-0.15, -0.1) is 0 Å². The Bertz CT molecular complexity index is 660. The fraction of sp³-hybridized carbons (Fsp3) is 0.278. The van der Waals surface area contributed by atoms with Gasteiger partial charge in [-0.2, -0.15) is 0 Å². The second kappa shape index (κ2) is 5.22. The quantitative estimate of drug-likeness (QED) is 0.785. The number of rotatable bonds is 4. The Labute approximate surface area is 119 Å². The van der Waals surface area contributed by atoms with Crippen molar-refractivity contribution in [1.82, 2.24) is 5.32 Å². The molecule has 2 aromatic rings. The maximum Gasteiger partial charge on any atom is 0.147 e. The van der Waals surface area contributed by atoms with E-state index in [0.717, 1.165) is 12.8 Å². The molecule has 0 radical (unpaired) electrons. The molecule has 1 N–H and O–H groups in total. The minimum atomic E-state index is -0.0863. The molecule has 0 aliphatic heterocycles. The lowest BCUT2D eigenvalue weighted by atomic mass is 9.98. The van der Waals surface area contributed by atoms with Crippen LogP contribution in [0, 0.1) is 0 Å². The summed E-state index contributed by atoms with van der Waals surface area (Å²) < 4.78 is 0. The highest BCUT2D eigenvalue weighted by Gasteiger charge is 2.19. The zero-order chi connectivity index (χ0) is 14.1. The van der Waals surface area contributed by atoms with Crippen molar-refractivity contribution in [2.45, 2.75) is 25.8 Å². The van der Waals surface area contributed by atoms with E-state index < -0.39 is 0 Å². The highest BCUT2D eigenvalue weighted by molar-refractivity contribution is 5.82. The Morgan fingerprint density at radius 2 is 1.90 bits per heavy atom. The lowest BCUT2D eigenvalue weighted by molar-refractivity contribution is -0.118. The zero-order valence-corrected chi connectivity index (χ0v) is 11.9. The van der Waals surface area contributed by atoms with Gasteiger partial charge in [0.1, 0.15) is 5.78 Å². The fourth-order valence-corrected chi connectivity index (χ4v) is 3.01. The molecule has 1 atom stereocenters. The van der Waals surface area contributed by atoms with Crippen molar-refractivity contribution in [2.24, 2.45) is 0 Å². The summed E-state index contributed by atoms with van der Waals surface area (Å²) in [6, 6.07) is 15.1. The lowest BCUT2D eigenvalue weighted by Crippen LogP contribution is -2.34. The van der Waals surface area contributed by atoms with Crippen LogP contribution in [0.5, 0.6) is 0 Å². The maximum atomic E-state index is 11.5. The Kier molecular flexibility index (Phi) is 3.41. The summed E-state index contributed by atoms with van der Waals surface area (Å²) in [7, 11) is 1.84. The first-order valence-electron chi connectivity index (χ1n) is 7.07. The van der Waals surface area contributed by atoms with Gasteiger partial charge in [0, 0.05) is 0 Å². The van der Waals surface area contributed by atoms with E-state index in [-0.39, 0.29) is 11.8 Å². The normalized spacial score (nSPS) is 13.7. The summed E-state index contributed by atoms with van der Waals surface area (Å²) in [6.07, 6.45) is 1.76. The summed E-state index contributed by atoms with van der Waals surface area (Å²) >= 11 is 0. The smallest absolute Gasteiger partial charge is 0.147 e. The molecule has 102 valence electrons. The van der Waals surface area contributed by atoms with Crippen molar-refractivity contribution in [3.63, 3.8) is 0 Å². The van der Waals surface area contributed by atoms with Crippen molar-refractivity contribution < 1.29 is 4.79 Å². The number of fused-ring (bicyclic) bond motifs is 3. The highest BCUT2D eigenvalue weighted by atomic mass is 16.1. The number of benzene rings is 2. The van der Waals surface area contributed by atoms with Gasteiger partial charge < -0.3 is 5.32 Å². The van der Waals surface area contributed by atoms with Crippen molar-refractivity contribution in [2.75, 3.05) is 7.05 Å².